The van der Waals surface area contributed by atoms with Crippen LogP contribution in [0.2, 0.25) is 0 Å². The van der Waals surface area contributed by atoms with Gasteiger partial charge in [0.25, 0.3) is 0 Å². The highest BCUT2D eigenvalue weighted by molar-refractivity contribution is 6.04. The number of hydrogen-bond donors (Lipinski definition) is 2. The largest absolute Gasteiger partial charge is 0.453 e. The first kappa shape index (κ1) is 36.7. The number of fused-ring (bicyclic) bond motifs is 2. The summed E-state index contributed by atoms with van der Waals surface area (Å²) in [4.78, 5) is 50.7. The molecule has 0 aromatic heterocycles. The minimum atomic E-state index is -0.644. The smallest absolute Gasteiger partial charge is 0.407 e. The number of rotatable bonds is 11. The summed E-state index contributed by atoms with van der Waals surface area (Å²) in [7, 11) is 1.31. The summed E-state index contributed by atoms with van der Waals surface area (Å²) in [5.74, 6) is 1.27. The molecule has 3 aliphatic heterocycles. The van der Waals surface area contributed by atoms with Crippen LogP contribution in [0.15, 0.2) is 101 Å². The van der Waals surface area contributed by atoms with Crippen molar-refractivity contribution in [3.05, 3.63) is 108 Å². The molecule has 1 saturated heterocycles. The average Bonchev–Trinajstić information content (AvgIpc) is 4.07. The number of nitrogens with zero attached hydrogens (tertiary/aromatic N) is 3. The number of amides is 3. The second-order valence-corrected chi connectivity index (χ2v) is 16.2. The number of carbonyl (C=O) groups excluding carboxylic acids is 3. The van der Waals surface area contributed by atoms with Crippen LogP contribution in [-0.2, 0) is 20.9 Å². The molecule has 3 heterocycles. The molecule has 0 spiro atoms. The molecule has 3 aromatic carbocycles. The van der Waals surface area contributed by atoms with E-state index in [2.05, 4.69) is 71.3 Å². The van der Waals surface area contributed by atoms with Gasteiger partial charge in [-0.3, -0.25) is 19.6 Å². The molecule has 9 heteroatoms. The molecule has 0 radical (unpaired) electrons. The zero-order valence-corrected chi connectivity index (χ0v) is 32.0. The van der Waals surface area contributed by atoms with Crippen LogP contribution in [0.4, 0.5) is 4.79 Å². The normalized spacial score (nSPS) is 24.7. The summed E-state index contributed by atoms with van der Waals surface area (Å²) >= 11 is 0. The minimum absolute atomic E-state index is 0.0124. The standard InChI is InChI=1S/C46H51N5O4/c1-28(2)43(50-46(54)55-3)45(53)51-21-7-10-40(51)38-23-36(26-47-38)32-15-11-30(12-16-32)31-13-17-33(18-14-31)37-24-39(48-27-37)41-34-19-20-35(22-34)42(41)44(52)49-25-29-8-5-4-6-9-29/h4-6,8-9,11-18,26-28,34-35,40-43H,7,10,19-25H2,1-3H3,(H,49,52)(H,50,54)/t34?,35?,40-,41?,42-,43-/m0/s1. The highest BCUT2D eigenvalue weighted by Gasteiger charge is 2.52. The Morgan fingerprint density at radius 2 is 1.38 bits per heavy atom. The van der Waals surface area contributed by atoms with E-state index >= 15 is 0 Å². The minimum Gasteiger partial charge on any atom is -0.453 e. The summed E-state index contributed by atoms with van der Waals surface area (Å²) in [5.41, 5.74) is 10.2. The second-order valence-electron chi connectivity index (χ2n) is 16.2. The molecule has 2 aliphatic carbocycles. The predicted molar refractivity (Wildman–Crippen MR) is 217 cm³/mol. The van der Waals surface area contributed by atoms with Gasteiger partial charge in [0.05, 0.1) is 13.2 Å². The van der Waals surface area contributed by atoms with Gasteiger partial charge in [-0.05, 0) is 88.8 Å². The Hall–Kier alpha value is -5.31. The maximum absolute atomic E-state index is 13.6. The zero-order valence-electron chi connectivity index (χ0n) is 32.0. The van der Waals surface area contributed by atoms with Gasteiger partial charge in [0.15, 0.2) is 0 Å². The van der Waals surface area contributed by atoms with Crippen molar-refractivity contribution in [2.75, 3.05) is 13.7 Å². The predicted octanol–water partition coefficient (Wildman–Crippen LogP) is 8.08. The molecule has 2 N–H and O–H groups in total. The Morgan fingerprint density at radius 3 is 2.02 bits per heavy atom. The number of benzene rings is 3. The Kier molecular flexibility index (Phi) is 10.5. The van der Waals surface area contributed by atoms with E-state index in [1.807, 2.05) is 49.3 Å². The molecule has 5 aliphatic rings. The maximum Gasteiger partial charge on any atom is 0.407 e. The molecule has 2 saturated carbocycles. The summed E-state index contributed by atoms with van der Waals surface area (Å²) in [6.07, 6.45) is 10.1. The molecule has 284 valence electrons. The van der Waals surface area contributed by atoms with E-state index < -0.39 is 12.1 Å². The molecule has 3 aromatic rings. The number of nitrogens with one attached hydrogen (secondary N) is 2. The molecular formula is C46H51N5O4. The second kappa shape index (κ2) is 15.8. The van der Waals surface area contributed by atoms with E-state index in [4.69, 9.17) is 14.7 Å². The summed E-state index contributed by atoms with van der Waals surface area (Å²) in [6, 6.07) is 26.8. The van der Waals surface area contributed by atoms with Gasteiger partial charge in [0.2, 0.25) is 11.8 Å². The van der Waals surface area contributed by atoms with Gasteiger partial charge in [0, 0.05) is 61.6 Å². The lowest BCUT2D eigenvalue weighted by molar-refractivity contribution is -0.134. The lowest BCUT2D eigenvalue weighted by Crippen LogP contribution is -2.53. The molecule has 3 amide bonds. The first-order valence-corrected chi connectivity index (χ1v) is 20.0. The van der Waals surface area contributed by atoms with Gasteiger partial charge in [-0.25, -0.2) is 4.79 Å². The molecule has 8 rings (SSSR count). The lowest BCUT2D eigenvalue weighted by Gasteiger charge is -2.31. The highest BCUT2D eigenvalue weighted by atomic mass is 16.5. The first-order valence-electron chi connectivity index (χ1n) is 20.0. The molecule has 2 bridgehead atoms. The topological polar surface area (TPSA) is 112 Å². The number of methoxy groups -OCH3 is 1. The molecule has 6 atom stereocenters. The Bertz CT molecular complexity index is 2050. The maximum atomic E-state index is 13.6. The van der Waals surface area contributed by atoms with E-state index in [1.165, 1.54) is 30.4 Å². The third kappa shape index (κ3) is 7.53. The van der Waals surface area contributed by atoms with E-state index in [1.54, 1.807) is 0 Å². The van der Waals surface area contributed by atoms with Gasteiger partial charge >= 0.3 is 6.09 Å². The number of hydrogen-bond acceptors (Lipinski definition) is 6. The van der Waals surface area contributed by atoms with Crippen molar-refractivity contribution in [1.82, 2.24) is 15.5 Å². The van der Waals surface area contributed by atoms with E-state index in [0.717, 1.165) is 65.6 Å². The SMILES string of the molecule is COC(=O)N[C@H](C(=O)N1CCC[C@H]1C1=NC=C(c2ccc(-c3ccc(C4=CN=C(C5C6CCC(C6)[C@@H]5C(=O)NCc5ccccc5)C4)cc3)cc2)C1)C(C)C. The fourth-order valence-corrected chi connectivity index (χ4v) is 9.71. The number of aliphatic imine (C=N–C) groups is 2. The quantitative estimate of drug-likeness (QED) is 0.207. The van der Waals surface area contributed by atoms with Crippen LogP contribution in [0.5, 0.6) is 0 Å². The molecule has 9 nitrogen and oxygen atoms in total. The zero-order chi connectivity index (χ0) is 38.1. The van der Waals surface area contributed by atoms with Crippen molar-refractivity contribution >= 4 is 40.5 Å². The third-order valence-electron chi connectivity index (χ3n) is 12.6. The van der Waals surface area contributed by atoms with Crippen molar-refractivity contribution in [2.24, 2.45) is 39.6 Å². The number of carbonyl (C=O) groups is 3. The van der Waals surface area contributed by atoms with Crippen LogP contribution < -0.4 is 10.6 Å². The monoisotopic (exact) mass is 737 g/mol. The van der Waals surface area contributed by atoms with Crippen molar-refractivity contribution in [1.29, 1.82) is 0 Å². The van der Waals surface area contributed by atoms with Crippen LogP contribution in [0.3, 0.4) is 0 Å². The summed E-state index contributed by atoms with van der Waals surface area (Å²) in [5, 5.41) is 5.98. The Morgan fingerprint density at radius 1 is 0.782 bits per heavy atom. The van der Waals surface area contributed by atoms with Crippen LogP contribution >= 0.6 is 0 Å². The van der Waals surface area contributed by atoms with Gasteiger partial charge in [-0.15, -0.1) is 0 Å². The average molecular weight is 738 g/mol. The van der Waals surface area contributed by atoms with Crippen molar-refractivity contribution in [2.45, 2.75) is 77.4 Å². The van der Waals surface area contributed by atoms with Gasteiger partial charge in [0.1, 0.15) is 6.04 Å². The highest BCUT2D eigenvalue weighted by Crippen LogP contribution is 2.54. The van der Waals surface area contributed by atoms with Crippen LogP contribution in [0.1, 0.15) is 75.5 Å². The number of allylic oxidation sites excluding steroid dienone is 2. The fourth-order valence-electron chi connectivity index (χ4n) is 9.71. The molecule has 55 heavy (non-hydrogen) atoms. The van der Waals surface area contributed by atoms with Crippen molar-refractivity contribution in [3.63, 3.8) is 0 Å². The first-order chi connectivity index (χ1) is 26.8. The molecule has 3 fully saturated rings. The van der Waals surface area contributed by atoms with E-state index in [0.29, 0.717) is 31.3 Å². The number of alkyl carbamates (subject to hydrolysis) is 1. The third-order valence-corrected chi connectivity index (χ3v) is 12.6. The van der Waals surface area contributed by atoms with E-state index in [-0.39, 0.29) is 35.6 Å². The van der Waals surface area contributed by atoms with Gasteiger partial charge in [-0.2, -0.15) is 0 Å². The van der Waals surface area contributed by atoms with Crippen LogP contribution in [-0.4, -0.2) is 60.0 Å². The van der Waals surface area contributed by atoms with Gasteiger partial charge < -0.3 is 20.3 Å². The summed E-state index contributed by atoms with van der Waals surface area (Å²) in [6.45, 7) is 5.08. The van der Waals surface area contributed by atoms with E-state index in [9.17, 15) is 14.4 Å². The fraction of sp³-hybridized carbons (Fsp3) is 0.413. The summed E-state index contributed by atoms with van der Waals surface area (Å²) < 4.78 is 4.78. The molecule has 3 unspecified atom stereocenters. The molecular weight excluding hydrogens is 687 g/mol. The van der Waals surface area contributed by atoms with Crippen LogP contribution in [0, 0.1) is 29.6 Å². The number of ether oxygens (including phenoxy) is 1. The Labute approximate surface area is 324 Å². The Balaban J connectivity index is 0.863. The van der Waals surface area contributed by atoms with Crippen LogP contribution in [0.25, 0.3) is 22.3 Å². The number of likely N-dealkylation sites (tertiary alicyclic amines) is 1. The lowest BCUT2D eigenvalue weighted by atomic mass is 9.75. The van der Waals surface area contributed by atoms with Crippen molar-refractivity contribution in [3.8, 4) is 11.1 Å². The van der Waals surface area contributed by atoms with Crippen molar-refractivity contribution < 1.29 is 19.1 Å². The van der Waals surface area contributed by atoms with Gasteiger partial charge in [-0.1, -0.05) is 92.7 Å².